The van der Waals surface area contributed by atoms with Gasteiger partial charge >= 0.3 is 12.1 Å². The zero-order valence-electron chi connectivity index (χ0n) is 18.6. The van der Waals surface area contributed by atoms with E-state index in [4.69, 9.17) is 14.0 Å². The standard InChI is InChI=1S/C19H31N3O5/c1-22-15-17(24)27-14-12-10-8-6-4-2-3-5-7-9-11-13-16(23)20-18(22)21-19(25)26/h4,6H,2-3,5,7-15H2,1H3,(H,25,26)(H,20,21,23)/b6-4-/i1D3. The molecule has 2 amide bonds. The maximum absolute atomic E-state index is 12.2. The van der Waals surface area contributed by atoms with Gasteiger partial charge < -0.3 is 14.7 Å². The van der Waals surface area contributed by atoms with Crippen molar-refractivity contribution in [3.05, 3.63) is 12.2 Å². The Labute approximate surface area is 164 Å². The lowest BCUT2D eigenvalue weighted by molar-refractivity contribution is -0.144. The van der Waals surface area contributed by atoms with Crippen molar-refractivity contribution in [1.82, 2.24) is 10.2 Å². The molecule has 1 aliphatic heterocycles. The van der Waals surface area contributed by atoms with Gasteiger partial charge in [-0.1, -0.05) is 31.4 Å². The SMILES string of the molecule is [2H]C([2H])([2H])N1CC(=O)OCCCC/C=C\CCCCCCCC(=O)NC1=NC(=O)O. The van der Waals surface area contributed by atoms with Crippen LogP contribution in [0.25, 0.3) is 0 Å². The number of cyclic esters (lactones) is 1. The number of carboxylic acid groups (broad SMARTS) is 1. The minimum absolute atomic E-state index is 0.0951. The number of hydrogen-bond acceptors (Lipinski definition) is 4. The zero-order chi connectivity index (χ0) is 22.4. The highest BCUT2D eigenvalue weighted by Crippen LogP contribution is 2.08. The quantitative estimate of drug-likeness (QED) is 0.491. The highest BCUT2D eigenvalue weighted by Gasteiger charge is 2.16. The number of hydrogen-bond donors (Lipinski definition) is 2. The molecule has 1 heterocycles. The first-order valence-electron chi connectivity index (χ1n) is 10.9. The number of likely N-dealkylation sites (N-methyl/N-ethyl adjacent to an activating group) is 1. The maximum Gasteiger partial charge on any atom is 0.434 e. The normalized spacial score (nSPS) is 24.7. The van der Waals surface area contributed by atoms with Crippen LogP contribution in [0.15, 0.2) is 17.1 Å². The van der Waals surface area contributed by atoms with Crippen molar-refractivity contribution < 1.29 is 28.3 Å². The summed E-state index contributed by atoms with van der Waals surface area (Å²) in [6.07, 6.45) is 10.5. The first kappa shape index (κ1) is 18.0. The predicted octanol–water partition coefficient (Wildman–Crippen LogP) is 3.08. The highest BCUT2D eigenvalue weighted by atomic mass is 16.5. The molecule has 1 rings (SSSR count). The van der Waals surface area contributed by atoms with E-state index in [0.29, 0.717) is 17.7 Å². The summed E-state index contributed by atoms with van der Waals surface area (Å²) in [5, 5.41) is 11.2. The summed E-state index contributed by atoms with van der Waals surface area (Å²) in [6, 6.07) is 0. The Kier molecular flexibility index (Phi) is 9.19. The molecule has 0 atom stereocenters. The van der Waals surface area contributed by atoms with Gasteiger partial charge in [-0.3, -0.25) is 14.9 Å². The molecule has 152 valence electrons. The molecule has 0 radical (unpaired) electrons. The number of guanidine groups is 1. The Morgan fingerprint density at radius 2 is 1.81 bits per heavy atom. The summed E-state index contributed by atoms with van der Waals surface area (Å²) in [5.74, 6) is -2.11. The van der Waals surface area contributed by atoms with Crippen LogP contribution in [0.1, 0.15) is 68.3 Å². The molecule has 1 aliphatic rings. The molecule has 0 saturated heterocycles. The number of amides is 2. The number of allylic oxidation sites excluding steroid dienone is 2. The van der Waals surface area contributed by atoms with Crippen LogP contribution < -0.4 is 5.32 Å². The van der Waals surface area contributed by atoms with Gasteiger partial charge in [0.1, 0.15) is 6.54 Å². The molecule has 0 aliphatic carbocycles. The van der Waals surface area contributed by atoms with E-state index >= 15 is 0 Å². The second-order valence-electron chi connectivity index (χ2n) is 6.35. The molecule has 0 fully saturated rings. The van der Waals surface area contributed by atoms with Crippen LogP contribution in [0.3, 0.4) is 0 Å². The topological polar surface area (TPSA) is 108 Å². The van der Waals surface area contributed by atoms with Crippen molar-refractivity contribution >= 4 is 23.9 Å². The fraction of sp³-hybridized carbons (Fsp3) is 0.684. The summed E-state index contributed by atoms with van der Waals surface area (Å²) < 4.78 is 27.9. The number of esters is 1. The smallest absolute Gasteiger partial charge is 0.434 e. The largest absolute Gasteiger partial charge is 0.464 e. The highest BCUT2D eigenvalue weighted by molar-refractivity contribution is 6.01. The first-order valence-corrected chi connectivity index (χ1v) is 9.40. The van der Waals surface area contributed by atoms with Gasteiger partial charge in [0.05, 0.1) is 6.61 Å². The first-order chi connectivity index (χ1) is 14.2. The van der Waals surface area contributed by atoms with Gasteiger partial charge in [0.15, 0.2) is 0 Å². The fourth-order valence-corrected chi connectivity index (χ4v) is 2.55. The van der Waals surface area contributed by atoms with Crippen molar-refractivity contribution in [2.24, 2.45) is 4.99 Å². The van der Waals surface area contributed by atoms with Crippen LogP contribution in [-0.4, -0.2) is 54.1 Å². The Morgan fingerprint density at radius 3 is 2.52 bits per heavy atom. The summed E-state index contributed by atoms with van der Waals surface area (Å²) in [7, 11) is 0. The molecular formula is C19H31N3O5. The lowest BCUT2D eigenvalue weighted by Crippen LogP contribution is -2.45. The molecule has 0 saturated carbocycles. The van der Waals surface area contributed by atoms with Gasteiger partial charge in [-0.25, -0.2) is 4.79 Å². The van der Waals surface area contributed by atoms with Gasteiger partial charge in [-0.05, 0) is 38.5 Å². The number of ether oxygens (including phenoxy) is 1. The fourth-order valence-electron chi connectivity index (χ4n) is 2.55. The van der Waals surface area contributed by atoms with E-state index < -0.39 is 37.4 Å². The van der Waals surface area contributed by atoms with Crippen molar-refractivity contribution in [2.75, 3.05) is 20.1 Å². The molecule has 0 bridgehead atoms. The average molecular weight is 384 g/mol. The molecule has 27 heavy (non-hydrogen) atoms. The third kappa shape index (κ3) is 11.8. The molecule has 0 aromatic heterocycles. The third-order valence-corrected chi connectivity index (χ3v) is 3.97. The van der Waals surface area contributed by atoms with Crippen LogP contribution in [0.4, 0.5) is 4.79 Å². The molecule has 8 heteroatoms. The van der Waals surface area contributed by atoms with Crippen molar-refractivity contribution in [1.29, 1.82) is 0 Å². The number of carbonyl (C=O) groups is 3. The average Bonchev–Trinajstić information content (AvgIpc) is 2.63. The number of aliphatic imine (C=N–C) groups is 1. The van der Waals surface area contributed by atoms with E-state index in [-0.39, 0.29) is 13.0 Å². The minimum Gasteiger partial charge on any atom is -0.464 e. The number of nitrogens with one attached hydrogen (secondary N) is 1. The van der Waals surface area contributed by atoms with Crippen LogP contribution in [0.2, 0.25) is 0 Å². The predicted molar refractivity (Wildman–Crippen MR) is 103 cm³/mol. The Balaban J connectivity index is 2.91. The molecular weight excluding hydrogens is 350 g/mol. The molecule has 0 aromatic carbocycles. The zero-order valence-corrected chi connectivity index (χ0v) is 15.6. The van der Waals surface area contributed by atoms with Crippen molar-refractivity contribution in [3.8, 4) is 0 Å². The van der Waals surface area contributed by atoms with E-state index in [1.807, 2.05) is 0 Å². The Hall–Kier alpha value is -2.38. The van der Waals surface area contributed by atoms with E-state index in [0.717, 1.165) is 44.9 Å². The van der Waals surface area contributed by atoms with Gasteiger partial charge in [0.2, 0.25) is 11.9 Å². The summed E-state index contributed by atoms with van der Waals surface area (Å²) in [5.41, 5.74) is 0. The molecule has 0 spiro atoms. The van der Waals surface area contributed by atoms with Gasteiger partial charge in [-0.2, -0.15) is 0 Å². The van der Waals surface area contributed by atoms with E-state index in [1.54, 1.807) is 0 Å². The van der Waals surface area contributed by atoms with Crippen molar-refractivity contribution in [2.45, 2.75) is 64.2 Å². The monoisotopic (exact) mass is 384 g/mol. The Bertz CT molecular complexity index is 635. The van der Waals surface area contributed by atoms with Crippen molar-refractivity contribution in [3.63, 3.8) is 0 Å². The summed E-state index contributed by atoms with van der Waals surface area (Å²) >= 11 is 0. The number of carbonyl (C=O) groups excluding carboxylic acids is 2. The van der Waals surface area contributed by atoms with Gasteiger partial charge in [0.25, 0.3) is 0 Å². The van der Waals surface area contributed by atoms with Gasteiger partial charge in [-0.15, -0.1) is 4.99 Å². The molecule has 0 aromatic rings. The summed E-state index contributed by atoms with van der Waals surface area (Å²) in [4.78, 5) is 39.0. The summed E-state index contributed by atoms with van der Waals surface area (Å²) in [6.45, 7) is -3.54. The molecule has 2 N–H and O–H groups in total. The minimum atomic E-state index is -2.90. The van der Waals surface area contributed by atoms with E-state index in [1.165, 1.54) is 0 Å². The number of nitrogens with zero attached hydrogens (tertiary/aromatic N) is 2. The number of rotatable bonds is 0. The lowest BCUT2D eigenvalue weighted by atomic mass is 10.1. The molecule has 0 unspecified atom stereocenters. The Morgan fingerprint density at radius 1 is 1.15 bits per heavy atom. The van der Waals surface area contributed by atoms with Crippen LogP contribution in [0, 0.1) is 0 Å². The maximum atomic E-state index is 12.2. The second kappa shape index (κ2) is 13.8. The molecule has 8 nitrogen and oxygen atoms in total. The second-order valence-corrected chi connectivity index (χ2v) is 6.35. The third-order valence-electron chi connectivity index (χ3n) is 3.97. The van der Waals surface area contributed by atoms with Crippen LogP contribution in [-0.2, 0) is 14.3 Å². The van der Waals surface area contributed by atoms with E-state index in [9.17, 15) is 14.4 Å². The lowest BCUT2D eigenvalue weighted by Gasteiger charge is -2.20. The van der Waals surface area contributed by atoms with Crippen LogP contribution in [0.5, 0.6) is 0 Å². The van der Waals surface area contributed by atoms with Gasteiger partial charge in [0, 0.05) is 17.5 Å². The van der Waals surface area contributed by atoms with E-state index in [2.05, 4.69) is 22.5 Å². The van der Waals surface area contributed by atoms with Crippen LogP contribution >= 0.6 is 0 Å².